The summed E-state index contributed by atoms with van der Waals surface area (Å²) in [4.78, 5) is 4.49. The Bertz CT molecular complexity index is 809. The third kappa shape index (κ3) is 2.90. The van der Waals surface area contributed by atoms with Gasteiger partial charge in [0.15, 0.2) is 0 Å². The Morgan fingerprint density at radius 3 is 2.33 bits per heavy atom. The fourth-order valence-corrected chi connectivity index (χ4v) is 2.93. The molecule has 1 aromatic heterocycles. The van der Waals surface area contributed by atoms with Crippen LogP contribution < -0.4 is 15.5 Å². The van der Waals surface area contributed by atoms with E-state index in [2.05, 4.69) is 44.3 Å². The summed E-state index contributed by atoms with van der Waals surface area (Å²) in [5.74, 6) is 0.503. The van der Waals surface area contributed by atoms with Gasteiger partial charge in [-0.2, -0.15) is 0 Å². The molecular formula is C18H19N5O. The minimum atomic E-state index is 0.503. The average Bonchev–Trinajstić information content (AvgIpc) is 3.13. The first kappa shape index (κ1) is 14.6. The van der Waals surface area contributed by atoms with E-state index in [1.807, 2.05) is 30.3 Å². The highest BCUT2D eigenvalue weighted by Gasteiger charge is 2.21. The molecule has 0 aliphatic carbocycles. The van der Waals surface area contributed by atoms with Crippen molar-refractivity contribution in [2.75, 3.05) is 41.7 Å². The molecule has 0 bridgehead atoms. The van der Waals surface area contributed by atoms with Gasteiger partial charge in [-0.1, -0.05) is 29.4 Å². The Morgan fingerprint density at radius 1 is 0.833 bits per heavy atom. The van der Waals surface area contributed by atoms with Crippen molar-refractivity contribution in [1.29, 1.82) is 0 Å². The third-order valence-electron chi connectivity index (χ3n) is 4.22. The van der Waals surface area contributed by atoms with Gasteiger partial charge >= 0.3 is 6.01 Å². The van der Waals surface area contributed by atoms with E-state index in [0.717, 1.165) is 31.7 Å². The number of anilines is 3. The largest absolute Gasteiger partial charge is 0.403 e. The first-order valence-corrected chi connectivity index (χ1v) is 8.04. The molecule has 2 aromatic carbocycles. The maximum absolute atomic E-state index is 5.83. The molecule has 0 saturated carbocycles. The van der Waals surface area contributed by atoms with Crippen molar-refractivity contribution in [2.45, 2.75) is 0 Å². The zero-order chi connectivity index (χ0) is 16.4. The smallest absolute Gasteiger partial charge is 0.318 e. The zero-order valence-corrected chi connectivity index (χ0v) is 13.3. The number of nitrogen functional groups attached to an aromatic ring is 1. The SMILES string of the molecule is Nc1cccc(-c2nnc(N3CCN(c4ccccc4)CC3)o2)c1. The van der Waals surface area contributed by atoms with Crippen LogP contribution in [-0.4, -0.2) is 36.4 Å². The van der Waals surface area contributed by atoms with Crippen molar-refractivity contribution in [3.05, 3.63) is 54.6 Å². The number of hydrogen-bond donors (Lipinski definition) is 1. The van der Waals surface area contributed by atoms with Crippen LogP contribution in [0.5, 0.6) is 0 Å². The number of rotatable bonds is 3. The molecule has 24 heavy (non-hydrogen) atoms. The van der Waals surface area contributed by atoms with E-state index < -0.39 is 0 Å². The summed E-state index contributed by atoms with van der Waals surface area (Å²) in [5, 5.41) is 8.35. The van der Waals surface area contributed by atoms with E-state index >= 15 is 0 Å². The predicted octanol–water partition coefficient (Wildman–Crippen LogP) is 2.65. The van der Waals surface area contributed by atoms with Crippen LogP contribution in [0.15, 0.2) is 59.0 Å². The molecule has 2 heterocycles. The topological polar surface area (TPSA) is 71.4 Å². The molecule has 0 unspecified atom stereocenters. The average molecular weight is 321 g/mol. The number of nitrogens with zero attached hydrogens (tertiary/aromatic N) is 4. The van der Waals surface area contributed by atoms with Gasteiger partial charge < -0.3 is 20.0 Å². The van der Waals surface area contributed by atoms with Gasteiger partial charge in [0.25, 0.3) is 0 Å². The second kappa shape index (κ2) is 6.23. The Kier molecular flexibility index (Phi) is 3.78. The first-order valence-electron chi connectivity index (χ1n) is 8.04. The molecule has 6 nitrogen and oxygen atoms in total. The molecule has 0 spiro atoms. The Hall–Kier alpha value is -3.02. The highest BCUT2D eigenvalue weighted by molar-refractivity contribution is 5.60. The van der Waals surface area contributed by atoms with Crippen LogP contribution >= 0.6 is 0 Å². The summed E-state index contributed by atoms with van der Waals surface area (Å²) in [6, 6.07) is 18.5. The molecule has 0 radical (unpaired) electrons. The molecule has 6 heteroatoms. The Morgan fingerprint density at radius 2 is 1.58 bits per heavy atom. The van der Waals surface area contributed by atoms with Crippen LogP contribution in [0.1, 0.15) is 0 Å². The molecule has 3 aromatic rings. The first-order chi connectivity index (χ1) is 11.8. The molecule has 1 aliphatic rings. The van der Waals surface area contributed by atoms with Gasteiger partial charge in [-0.25, -0.2) is 0 Å². The Balaban J connectivity index is 1.45. The van der Waals surface area contributed by atoms with Crippen molar-refractivity contribution >= 4 is 17.4 Å². The maximum atomic E-state index is 5.83. The third-order valence-corrected chi connectivity index (χ3v) is 4.22. The summed E-state index contributed by atoms with van der Waals surface area (Å²) in [6.45, 7) is 3.57. The van der Waals surface area contributed by atoms with Crippen LogP contribution in [0.25, 0.3) is 11.5 Å². The minimum Gasteiger partial charge on any atom is -0.403 e. The quantitative estimate of drug-likeness (QED) is 0.748. The van der Waals surface area contributed by atoms with Crippen LogP contribution in [0.2, 0.25) is 0 Å². The fourth-order valence-electron chi connectivity index (χ4n) is 2.93. The molecule has 122 valence electrons. The zero-order valence-electron chi connectivity index (χ0n) is 13.3. The number of para-hydroxylation sites is 1. The lowest BCUT2D eigenvalue weighted by Crippen LogP contribution is -2.46. The summed E-state index contributed by atoms with van der Waals surface area (Å²) < 4.78 is 5.83. The number of hydrogen-bond acceptors (Lipinski definition) is 6. The predicted molar refractivity (Wildman–Crippen MR) is 95.0 cm³/mol. The van der Waals surface area contributed by atoms with Crippen molar-refractivity contribution in [3.63, 3.8) is 0 Å². The molecule has 1 aliphatic heterocycles. The van der Waals surface area contributed by atoms with Gasteiger partial charge in [0.05, 0.1) is 0 Å². The lowest BCUT2D eigenvalue weighted by Gasteiger charge is -2.35. The van der Waals surface area contributed by atoms with Crippen LogP contribution in [0.4, 0.5) is 17.4 Å². The van der Waals surface area contributed by atoms with Crippen molar-refractivity contribution in [2.24, 2.45) is 0 Å². The standard InChI is InChI=1S/C18H19N5O/c19-15-6-4-5-14(13-15)17-20-21-18(24-17)23-11-9-22(10-12-23)16-7-2-1-3-8-16/h1-8,13H,9-12,19H2. The van der Waals surface area contributed by atoms with Gasteiger partial charge in [-0.15, -0.1) is 5.10 Å². The molecule has 1 saturated heterocycles. The van der Waals surface area contributed by atoms with Gasteiger partial charge in [0, 0.05) is 43.1 Å². The number of aromatic nitrogens is 2. The van der Waals surface area contributed by atoms with Gasteiger partial charge in [0.2, 0.25) is 5.89 Å². The van der Waals surface area contributed by atoms with Crippen LogP contribution in [0, 0.1) is 0 Å². The Labute approximate surface area is 140 Å². The van der Waals surface area contributed by atoms with E-state index in [9.17, 15) is 0 Å². The van der Waals surface area contributed by atoms with E-state index in [-0.39, 0.29) is 0 Å². The lowest BCUT2D eigenvalue weighted by atomic mass is 10.2. The molecule has 1 fully saturated rings. The number of benzene rings is 2. The monoisotopic (exact) mass is 321 g/mol. The van der Waals surface area contributed by atoms with E-state index in [0.29, 0.717) is 17.6 Å². The molecular weight excluding hydrogens is 302 g/mol. The molecule has 2 N–H and O–H groups in total. The molecule has 4 rings (SSSR count). The van der Waals surface area contributed by atoms with Gasteiger partial charge in [-0.3, -0.25) is 0 Å². The summed E-state index contributed by atoms with van der Waals surface area (Å²) >= 11 is 0. The van der Waals surface area contributed by atoms with Crippen LogP contribution in [-0.2, 0) is 0 Å². The molecule has 0 atom stereocenters. The number of nitrogens with two attached hydrogens (primary N) is 1. The van der Waals surface area contributed by atoms with Crippen molar-refractivity contribution in [1.82, 2.24) is 10.2 Å². The summed E-state index contributed by atoms with van der Waals surface area (Å²) in [5.41, 5.74) is 8.59. The maximum Gasteiger partial charge on any atom is 0.318 e. The summed E-state index contributed by atoms with van der Waals surface area (Å²) in [7, 11) is 0. The molecule has 0 amide bonds. The van der Waals surface area contributed by atoms with Crippen molar-refractivity contribution in [3.8, 4) is 11.5 Å². The van der Waals surface area contributed by atoms with Crippen LogP contribution in [0.3, 0.4) is 0 Å². The highest BCUT2D eigenvalue weighted by atomic mass is 16.4. The highest BCUT2D eigenvalue weighted by Crippen LogP contribution is 2.25. The van der Waals surface area contributed by atoms with Gasteiger partial charge in [-0.05, 0) is 30.3 Å². The summed E-state index contributed by atoms with van der Waals surface area (Å²) in [6.07, 6.45) is 0. The lowest BCUT2D eigenvalue weighted by molar-refractivity contribution is 0.524. The van der Waals surface area contributed by atoms with E-state index in [1.165, 1.54) is 5.69 Å². The fraction of sp³-hybridized carbons (Fsp3) is 0.222. The van der Waals surface area contributed by atoms with Crippen molar-refractivity contribution < 1.29 is 4.42 Å². The second-order valence-electron chi connectivity index (χ2n) is 5.82. The number of piperazine rings is 1. The minimum absolute atomic E-state index is 0.503. The van der Waals surface area contributed by atoms with Gasteiger partial charge in [0.1, 0.15) is 0 Å². The van der Waals surface area contributed by atoms with E-state index in [1.54, 1.807) is 0 Å². The normalized spacial score (nSPS) is 14.8. The van der Waals surface area contributed by atoms with E-state index in [4.69, 9.17) is 10.2 Å². The second-order valence-corrected chi connectivity index (χ2v) is 5.82.